The van der Waals surface area contributed by atoms with Crippen LogP contribution in [0.3, 0.4) is 0 Å². The first-order chi connectivity index (χ1) is 11.2. The van der Waals surface area contributed by atoms with E-state index >= 15 is 0 Å². The molecule has 6 heteroatoms. The number of benzene rings is 2. The van der Waals surface area contributed by atoms with E-state index in [1.165, 1.54) is 7.11 Å². The fraction of sp³-hybridized carbons (Fsp3) is 0.0588. The van der Waals surface area contributed by atoms with Crippen molar-refractivity contribution in [1.29, 1.82) is 0 Å². The van der Waals surface area contributed by atoms with Gasteiger partial charge in [0.05, 0.1) is 24.0 Å². The molecule has 0 fully saturated rings. The lowest BCUT2D eigenvalue weighted by Crippen LogP contribution is -2.20. The van der Waals surface area contributed by atoms with Crippen molar-refractivity contribution in [3.63, 3.8) is 0 Å². The zero-order valence-electron chi connectivity index (χ0n) is 12.3. The van der Waals surface area contributed by atoms with E-state index < -0.39 is 0 Å². The van der Waals surface area contributed by atoms with Crippen LogP contribution in [0, 0.1) is 0 Å². The van der Waals surface area contributed by atoms with Gasteiger partial charge in [0.15, 0.2) is 0 Å². The van der Waals surface area contributed by atoms with Gasteiger partial charge in [-0.25, -0.2) is 4.79 Å². The van der Waals surface area contributed by atoms with Gasteiger partial charge in [0.25, 0.3) is 0 Å². The third-order valence-electron chi connectivity index (χ3n) is 3.30. The largest absolute Gasteiger partial charge is 0.495 e. The average Bonchev–Trinajstić information content (AvgIpc) is 2.55. The quantitative estimate of drug-likeness (QED) is 0.742. The molecule has 0 bridgehead atoms. The Labute approximate surface area is 138 Å². The third-order valence-corrected chi connectivity index (χ3v) is 3.54. The molecule has 116 valence electrons. The minimum absolute atomic E-state index is 0.387. The van der Waals surface area contributed by atoms with Crippen molar-refractivity contribution in [2.24, 2.45) is 0 Å². The molecule has 0 saturated heterocycles. The van der Waals surface area contributed by atoms with Crippen molar-refractivity contribution in [3.05, 3.63) is 59.8 Å². The molecule has 2 amide bonds. The van der Waals surface area contributed by atoms with Crippen LogP contribution in [0.15, 0.2) is 54.7 Å². The maximum Gasteiger partial charge on any atom is 0.323 e. The number of pyridine rings is 1. The molecule has 0 unspecified atom stereocenters. The van der Waals surface area contributed by atoms with Crippen LogP contribution in [-0.2, 0) is 0 Å². The molecule has 0 saturated carbocycles. The summed E-state index contributed by atoms with van der Waals surface area (Å²) in [6, 6.07) is 13.9. The summed E-state index contributed by atoms with van der Waals surface area (Å²) >= 11 is 5.96. The van der Waals surface area contributed by atoms with E-state index in [1.807, 2.05) is 30.3 Å². The number of ether oxygens (including phenoxy) is 1. The fourth-order valence-electron chi connectivity index (χ4n) is 2.27. The molecule has 0 aliphatic heterocycles. The summed E-state index contributed by atoms with van der Waals surface area (Å²) in [5.74, 6) is 0.532. The summed E-state index contributed by atoms with van der Waals surface area (Å²) in [4.78, 5) is 16.5. The van der Waals surface area contributed by atoms with E-state index in [1.54, 1.807) is 24.4 Å². The number of methoxy groups -OCH3 is 1. The molecule has 23 heavy (non-hydrogen) atoms. The standard InChI is InChI=1S/C17H14ClN3O2/c1-23-16-8-7-11(18)10-15(16)21-17(22)20-14-6-2-5-13-12(14)4-3-9-19-13/h2-10H,1H3,(H2,20,21,22). The average molecular weight is 328 g/mol. The molecule has 2 aromatic carbocycles. The van der Waals surface area contributed by atoms with E-state index in [0.29, 0.717) is 22.1 Å². The summed E-state index contributed by atoms with van der Waals surface area (Å²) in [5, 5.41) is 6.92. The number of nitrogens with zero attached hydrogens (tertiary/aromatic N) is 1. The molecule has 3 aromatic rings. The summed E-state index contributed by atoms with van der Waals surface area (Å²) < 4.78 is 5.21. The normalized spacial score (nSPS) is 10.3. The van der Waals surface area contributed by atoms with Crippen LogP contribution in [0.25, 0.3) is 10.9 Å². The van der Waals surface area contributed by atoms with Crippen LogP contribution in [0.4, 0.5) is 16.2 Å². The minimum atomic E-state index is -0.387. The van der Waals surface area contributed by atoms with Crippen molar-refractivity contribution in [2.45, 2.75) is 0 Å². The predicted octanol–water partition coefficient (Wildman–Crippen LogP) is 4.54. The number of carbonyl (C=O) groups is 1. The number of urea groups is 1. The maximum atomic E-state index is 12.3. The SMILES string of the molecule is COc1ccc(Cl)cc1NC(=O)Nc1cccc2ncccc12. The van der Waals surface area contributed by atoms with Gasteiger partial charge in [-0.1, -0.05) is 17.7 Å². The summed E-state index contributed by atoms with van der Waals surface area (Å²) in [5.41, 5.74) is 1.98. The number of anilines is 2. The highest BCUT2D eigenvalue weighted by Gasteiger charge is 2.10. The lowest BCUT2D eigenvalue weighted by Gasteiger charge is -2.12. The number of hydrogen-bond donors (Lipinski definition) is 2. The Balaban J connectivity index is 1.83. The summed E-state index contributed by atoms with van der Waals surface area (Å²) in [6.07, 6.45) is 1.71. The highest BCUT2D eigenvalue weighted by molar-refractivity contribution is 6.31. The van der Waals surface area contributed by atoms with Gasteiger partial charge < -0.3 is 15.4 Å². The molecule has 0 radical (unpaired) electrons. The van der Waals surface area contributed by atoms with Gasteiger partial charge in [0, 0.05) is 16.6 Å². The molecule has 0 spiro atoms. The van der Waals surface area contributed by atoms with Crippen LogP contribution in [0.1, 0.15) is 0 Å². The zero-order chi connectivity index (χ0) is 16.2. The van der Waals surface area contributed by atoms with Crippen LogP contribution >= 0.6 is 11.6 Å². The molecule has 1 heterocycles. The van der Waals surface area contributed by atoms with Crippen molar-refractivity contribution in [2.75, 3.05) is 17.7 Å². The van der Waals surface area contributed by atoms with E-state index in [2.05, 4.69) is 15.6 Å². The summed E-state index contributed by atoms with van der Waals surface area (Å²) in [7, 11) is 1.53. The Morgan fingerprint density at radius 1 is 1.09 bits per heavy atom. The Morgan fingerprint density at radius 3 is 2.74 bits per heavy atom. The Bertz CT molecular complexity index is 862. The number of nitrogens with one attached hydrogen (secondary N) is 2. The van der Waals surface area contributed by atoms with E-state index in [4.69, 9.17) is 16.3 Å². The topological polar surface area (TPSA) is 63.2 Å². The van der Waals surface area contributed by atoms with Crippen molar-refractivity contribution < 1.29 is 9.53 Å². The van der Waals surface area contributed by atoms with Crippen molar-refractivity contribution in [3.8, 4) is 5.75 Å². The first-order valence-electron chi connectivity index (χ1n) is 6.92. The first kappa shape index (κ1) is 15.1. The molecule has 0 aliphatic carbocycles. The Hall–Kier alpha value is -2.79. The summed E-state index contributed by atoms with van der Waals surface area (Å²) in [6.45, 7) is 0. The molecule has 0 aliphatic rings. The second-order valence-electron chi connectivity index (χ2n) is 4.80. The number of hydrogen-bond acceptors (Lipinski definition) is 3. The monoisotopic (exact) mass is 327 g/mol. The molecule has 0 atom stereocenters. The molecule has 2 N–H and O–H groups in total. The number of rotatable bonds is 3. The molecule has 1 aromatic heterocycles. The molecular weight excluding hydrogens is 314 g/mol. The number of fused-ring (bicyclic) bond motifs is 1. The number of aromatic nitrogens is 1. The van der Waals surface area contributed by atoms with Crippen LogP contribution < -0.4 is 15.4 Å². The predicted molar refractivity (Wildman–Crippen MR) is 92.4 cm³/mol. The number of carbonyl (C=O) groups excluding carboxylic acids is 1. The van der Waals surface area contributed by atoms with E-state index in [-0.39, 0.29) is 6.03 Å². The molecule has 5 nitrogen and oxygen atoms in total. The number of halogens is 1. The van der Waals surface area contributed by atoms with Gasteiger partial charge in [-0.3, -0.25) is 4.98 Å². The smallest absolute Gasteiger partial charge is 0.323 e. The van der Waals surface area contributed by atoms with Crippen LogP contribution in [0.5, 0.6) is 5.75 Å². The molecular formula is C17H14ClN3O2. The first-order valence-corrected chi connectivity index (χ1v) is 7.30. The third kappa shape index (κ3) is 3.35. The highest BCUT2D eigenvalue weighted by Crippen LogP contribution is 2.28. The van der Waals surface area contributed by atoms with E-state index in [9.17, 15) is 4.79 Å². The minimum Gasteiger partial charge on any atom is -0.495 e. The maximum absolute atomic E-state index is 12.3. The van der Waals surface area contributed by atoms with Crippen LogP contribution in [0.2, 0.25) is 5.02 Å². The van der Waals surface area contributed by atoms with Gasteiger partial charge in [-0.2, -0.15) is 0 Å². The van der Waals surface area contributed by atoms with Crippen molar-refractivity contribution in [1.82, 2.24) is 4.98 Å². The zero-order valence-corrected chi connectivity index (χ0v) is 13.1. The van der Waals surface area contributed by atoms with Gasteiger partial charge in [0.1, 0.15) is 5.75 Å². The highest BCUT2D eigenvalue weighted by atomic mass is 35.5. The van der Waals surface area contributed by atoms with Crippen LogP contribution in [-0.4, -0.2) is 18.1 Å². The van der Waals surface area contributed by atoms with Gasteiger partial charge >= 0.3 is 6.03 Å². The lowest BCUT2D eigenvalue weighted by molar-refractivity contribution is 0.262. The Morgan fingerprint density at radius 2 is 1.91 bits per heavy atom. The lowest BCUT2D eigenvalue weighted by atomic mass is 10.2. The van der Waals surface area contributed by atoms with E-state index in [0.717, 1.165) is 10.9 Å². The fourth-order valence-corrected chi connectivity index (χ4v) is 2.44. The van der Waals surface area contributed by atoms with Gasteiger partial charge in [-0.15, -0.1) is 0 Å². The van der Waals surface area contributed by atoms with Gasteiger partial charge in [0.2, 0.25) is 0 Å². The molecule has 3 rings (SSSR count). The second-order valence-corrected chi connectivity index (χ2v) is 5.24. The second kappa shape index (κ2) is 6.54. The Kier molecular flexibility index (Phi) is 4.30. The van der Waals surface area contributed by atoms with Gasteiger partial charge in [-0.05, 0) is 42.5 Å². The van der Waals surface area contributed by atoms with Crippen molar-refractivity contribution >= 4 is 39.9 Å². The number of amides is 2.